The van der Waals surface area contributed by atoms with Crippen LogP contribution in [0.1, 0.15) is 45.4 Å². The zero-order chi connectivity index (χ0) is 16.6. The molecular weight excluding hydrogens is 332 g/mol. The van der Waals surface area contributed by atoms with Crippen LogP contribution in [0.2, 0.25) is 0 Å². The van der Waals surface area contributed by atoms with E-state index in [1.807, 2.05) is 7.05 Å². The average molecular weight is 359 g/mol. The Hall–Kier alpha value is -1.34. The molecule has 0 aromatic carbocycles. The molecule has 2 saturated heterocycles. The Kier molecular flexibility index (Phi) is 5.75. The molecule has 24 heavy (non-hydrogen) atoms. The van der Waals surface area contributed by atoms with Crippen LogP contribution >= 0.6 is 12.4 Å². The summed E-state index contributed by atoms with van der Waals surface area (Å²) in [5, 5.41) is 6.04. The first-order valence-electron chi connectivity index (χ1n) is 8.60. The van der Waals surface area contributed by atoms with Gasteiger partial charge in [0, 0.05) is 19.1 Å². The van der Waals surface area contributed by atoms with E-state index in [4.69, 9.17) is 0 Å². The van der Waals surface area contributed by atoms with Gasteiger partial charge in [0.25, 0.3) is 5.91 Å². The molecule has 1 saturated carbocycles. The monoisotopic (exact) mass is 358 g/mol. The number of rotatable bonds is 3. The van der Waals surface area contributed by atoms with Crippen LogP contribution in [0.5, 0.6) is 0 Å². The summed E-state index contributed by atoms with van der Waals surface area (Å²) < 4.78 is 0. The van der Waals surface area contributed by atoms with E-state index in [0.29, 0.717) is 25.9 Å². The lowest BCUT2D eigenvalue weighted by Gasteiger charge is -2.35. The standard InChI is InChI=1S/C16H26N4O3.ClH/c1-11(13(21)19-9-5-6-12(10-19)17-2)20-14(22)16(18-15(20)23)7-3-4-8-16;/h11-12,17H,3-10H2,1-2H3,(H,18,23);1H. The zero-order valence-electron chi connectivity index (χ0n) is 14.3. The predicted molar refractivity (Wildman–Crippen MR) is 91.9 cm³/mol. The van der Waals surface area contributed by atoms with Crippen molar-refractivity contribution in [2.45, 2.75) is 63.1 Å². The second-order valence-corrected chi connectivity index (χ2v) is 6.98. The summed E-state index contributed by atoms with van der Waals surface area (Å²) in [7, 11) is 1.89. The van der Waals surface area contributed by atoms with Crippen molar-refractivity contribution >= 4 is 30.3 Å². The highest BCUT2D eigenvalue weighted by Gasteiger charge is 2.54. The van der Waals surface area contributed by atoms with E-state index in [0.717, 1.165) is 30.6 Å². The van der Waals surface area contributed by atoms with Crippen molar-refractivity contribution in [2.75, 3.05) is 20.1 Å². The summed E-state index contributed by atoms with van der Waals surface area (Å²) in [5.41, 5.74) is -0.749. The van der Waals surface area contributed by atoms with Gasteiger partial charge in [0.2, 0.25) is 5.91 Å². The lowest BCUT2D eigenvalue weighted by Crippen LogP contribution is -2.55. The third-order valence-corrected chi connectivity index (χ3v) is 5.54. The molecule has 7 nitrogen and oxygen atoms in total. The first kappa shape index (κ1) is 19.0. The topological polar surface area (TPSA) is 81.8 Å². The molecule has 0 aromatic rings. The summed E-state index contributed by atoms with van der Waals surface area (Å²) >= 11 is 0. The van der Waals surface area contributed by atoms with Gasteiger partial charge in [0.15, 0.2) is 0 Å². The minimum Gasteiger partial charge on any atom is -0.339 e. The van der Waals surface area contributed by atoms with E-state index in [1.165, 1.54) is 0 Å². The predicted octanol–water partition coefficient (Wildman–Crippen LogP) is 0.872. The number of urea groups is 1. The number of amides is 4. The van der Waals surface area contributed by atoms with E-state index in [9.17, 15) is 14.4 Å². The molecular formula is C16H27ClN4O3. The average Bonchev–Trinajstić information content (AvgIpc) is 3.12. The Bertz CT molecular complexity index is 521. The van der Waals surface area contributed by atoms with Crippen molar-refractivity contribution in [1.29, 1.82) is 0 Å². The lowest BCUT2D eigenvalue weighted by atomic mass is 9.97. The van der Waals surface area contributed by atoms with Gasteiger partial charge < -0.3 is 15.5 Å². The van der Waals surface area contributed by atoms with Crippen LogP contribution in [-0.4, -0.2) is 65.4 Å². The molecule has 2 unspecified atom stereocenters. The number of nitrogens with one attached hydrogen (secondary N) is 2. The zero-order valence-corrected chi connectivity index (χ0v) is 15.2. The molecule has 136 valence electrons. The van der Waals surface area contributed by atoms with Crippen molar-refractivity contribution in [1.82, 2.24) is 20.4 Å². The summed E-state index contributed by atoms with van der Waals surface area (Å²) in [6.45, 7) is 2.99. The molecule has 1 spiro atoms. The van der Waals surface area contributed by atoms with Gasteiger partial charge in [-0.15, -0.1) is 12.4 Å². The molecule has 0 aromatic heterocycles. The maximum atomic E-state index is 12.8. The van der Waals surface area contributed by atoms with Gasteiger partial charge in [-0.1, -0.05) is 12.8 Å². The number of hydrogen-bond donors (Lipinski definition) is 2. The Balaban J connectivity index is 0.00000208. The normalized spacial score (nSPS) is 27.2. The number of carbonyl (C=O) groups excluding carboxylic acids is 3. The number of likely N-dealkylation sites (N-methyl/N-ethyl adjacent to an activating group) is 1. The van der Waals surface area contributed by atoms with Crippen LogP contribution in [0.25, 0.3) is 0 Å². The Morgan fingerprint density at radius 2 is 1.96 bits per heavy atom. The van der Waals surface area contributed by atoms with Gasteiger partial charge in [-0.05, 0) is 39.7 Å². The molecule has 3 rings (SSSR count). The molecule has 2 heterocycles. The Morgan fingerprint density at radius 3 is 2.58 bits per heavy atom. The summed E-state index contributed by atoms with van der Waals surface area (Å²) in [5.74, 6) is -0.355. The van der Waals surface area contributed by atoms with Gasteiger partial charge in [0.1, 0.15) is 11.6 Å². The Labute approximate surface area is 148 Å². The first-order chi connectivity index (χ1) is 11.0. The van der Waals surface area contributed by atoms with Crippen LogP contribution < -0.4 is 10.6 Å². The van der Waals surface area contributed by atoms with Crippen LogP contribution in [-0.2, 0) is 9.59 Å². The van der Waals surface area contributed by atoms with Crippen LogP contribution in [0.15, 0.2) is 0 Å². The lowest BCUT2D eigenvalue weighted by molar-refractivity contribution is -0.143. The fourth-order valence-electron chi connectivity index (χ4n) is 4.10. The third kappa shape index (κ3) is 3.11. The minimum absolute atomic E-state index is 0. The molecule has 8 heteroatoms. The molecule has 3 fully saturated rings. The van der Waals surface area contributed by atoms with Crippen molar-refractivity contribution in [3.63, 3.8) is 0 Å². The van der Waals surface area contributed by atoms with E-state index in [-0.39, 0.29) is 30.3 Å². The van der Waals surface area contributed by atoms with Crippen molar-refractivity contribution < 1.29 is 14.4 Å². The van der Waals surface area contributed by atoms with Gasteiger partial charge in [0.05, 0.1) is 0 Å². The molecule has 3 aliphatic rings. The number of halogens is 1. The second kappa shape index (κ2) is 7.27. The molecule has 0 bridgehead atoms. The summed E-state index contributed by atoms with van der Waals surface area (Å²) in [6, 6.07) is -0.873. The van der Waals surface area contributed by atoms with Gasteiger partial charge >= 0.3 is 6.03 Å². The SMILES string of the molecule is CNC1CCCN(C(=O)C(C)N2C(=O)NC3(CCCC3)C2=O)C1.Cl. The largest absolute Gasteiger partial charge is 0.339 e. The molecule has 2 atom stereocenters. The van der Waals surface area contributed by atoms with Crippen LogP contribution in [0, 0.1) is 0 Å². The smallest absolute Gasteiger partial charge is 0.325 e. The molecule has 0 radical (unpaired) electrons. The maximum Gasteiger partial charge on any atom is 0.325 e. The fourth-order valence-corrected chi connectivity index (χ4v) is 4.10. The third-order valence-electron chi connectivity index (χ3n) is 5.54. The van der Waals surface area contributed by atoms with E-state index in [1.54, 1.807) is 11.8 Å². The first-order valence-corrected chi connectivity index (χ1v) is 8.60. The van der Waals surface area contributed by atoms with Crippen LogP contribution in [0.4, 0.5) is 4.79 Å². The maximum absolute atomic E-state index is 12.8. The number of nitrogens with zero attached hydrogens (tertiary/aromatic N) is 2. The number of carbonyl (C=O) groups is 3. The van der Waals surface area contributed by atoms with Crippen molar-refractivity contribution in [2.24, 2.45) is 0 Å². The van der Waals surface area contributed by atoms with E-state index < -0.39 is 17.6 Å². The van der Waals surface area contributed by atoms with Crippen molar-refractivity contribution in [3.8, 4) is 0 Å². The van der Waals surface area contributed by atoms with Gasteiger partial charge in [-0.3, -0.25) is 9.59 Å². The Morgan fingerprint density at radius 1 is 1.29 bits per heavy atom. The number of imide groups is 1. The van der Waals surface area contributed by atoms with Gasteiger partial charge in [-0.25, -0.2) is 9.69 Å². The van der Waals surface area contributed by atoms with Crippen molar-refractivity contribution in [3.05, 3.63) is 0 Å². The molecule has 4 amide bonds. The van der Waals surface area contributed by atoms with E-state index in [2.05, 4.69) is 10.6 Å². The number of hydrogen-bond acceptors (Lipinski definition) is 4. The second-order valence-electron chi connectivity index (χ2n) is 6.98. The van der Waals surface area contributed by atoms with Crippen LogP contribution in [0.3, 0.4) is 0 Å². The molecule has 2 aliphatic heterocycles. The number of piperidine rings is 1. The summed E-state index contributed by atoms with van der Waals surface area (Å²) in [4.78, 5) is 40.7. The molecule has 2 N–H and O–H groups in total. The number of likely N-dealkylation sites (tertiary alicyclic amines) is 1. The summed E-state index contributed by atoms with van der Waals surface area (Å²) in [6.07, 6.45) is 5.23. The van der Waals surface area contributed by atoms with Gasteiger partial charge in [-0.2, -0.15) is 0 Å². The minimum atomic E-state index is -0.749. The highest BCUT2D eigenvalue weighted by molar-refractivity contribution is 6.09. The van der Waals surface area contributed by atoms with E-state index >= 15 is 0 Å². The quantitative estimate of drug-likeness (QED) is 0.733. The highest BCUT2D eigenvalue weighted by atomic mass is 35.5. The molecule has 1 aliphatic carbocycles. The fraction of sp³-hybridized carbons (Fsp3) is 0.812. The highest BCUT2D eigenvalue weighted by Crippen LogP contribution is 2.36.